The van der Waals surface area contributed by atoms with E-state index in [9.17, 15) is 0 Å². The van der Waals surface area contributed by atoms with E-state index in [2.05, 4.69) is 10.3 Å². The lowest BCUT2D eigenvalue weighted by molar-refractivity contribution is 0.0131. The van der Waals surface area contributed by atoms with E-state index < -0.39 is 6.23 Å². The van der Waals surface area contributed by atoms with Crippen molar-refractivity contribution in [2.75, 3.05) is 7.11 Å². The molecule has 0 saturated heterocycles. The maximum atomic E-state index is 6.27. The van der Waals surface area contributed by atoms with Crippen LogP contribution in [0, 0.1) is 0 Å². The summed E-state index contributed by atoms with van der Waals surface area (Å²) in [5.41, 5.74) is 3.82. The average molecular weight is 345 g/mol. The minimum Gasteiger partial charge on any atom is -0.497 e. The van der Waals surface area contributed by atoms with E-state index in [1.807, 2.05) is 83.5 Å². The molecule has 5 nitrogen and oxygen atoms in total. The number of rotatable bonds is 6. The van der Waals surface area contributed by atoms with Crippen molar-refractivity contribution in [3.63, 3.8) is 0 Å². The zero-order valence-electron chi connectivity index (χ0n) is 14.4. The summed E-state index contributed by atoms with van der Waals surface area (Å²) in [4.78, 5) is 0. The summed E-state index contributed by atoms with van der Waals surface area (Å²) in [6, 6.07) is 25.8. The van der Waals surface area contributed by atoms with Gasteiger partial charge in [0.15, 0.2) is 6.23 Å². The second kappa shape index (κ2) is 7.37. The number of hydrogen-bond acceptors (Lipinski definition) is 4. The Morgan fingerprint density at radius 3 is 2.58 bits per heavy atom. The predicted octanol–water partition coefficient (Wildman–Crippen LogP) is 4.20. The van der Waals surface area contributed by atoms with Crippen LogP contribution in [0.25, 0.3) is 11.0 Å². The van der Waals surface area contributed by atoms with Crippen molar-refractivity contribution in [3.8, 4) is 5.75 Å². The molecule has 1 heterocycles. The van der Waals surface area contributed by atoms with Gasteiger partial charge in [-0.05, 0) is 29.8 Å². The maximum absolute atomic E-state index is 6.27. The fourth-order valence-electron chi connectivity index (χ4n) is 2.91. The Hall–Kier alpha value is -3.18. The molecular weight excluding hydrogens is 326 g/mol. The molecule has 0 aliphatic rings. The molecular formula is C21H19N3O2. The van der Waals surface area contributed by atoms with Gasteiger partial charge in [-0.3, -0.25) is 0 Å². The van der Waals surface area contributed by atoms with E-state index in [1.54, 1.807) is 7.11 Å². The van der Waals surface area contributed by atoms with Crippen molar-refractivity contribution in [2.24, 2.45) is 0 Å². The summed E-state index contributed by atoms with van der Waals surface area (Å²) >= 11 is 0. The highest BCUT2D eigenvalue weighted by Crippen LogP contribution is 2.27. The highest BCUT2D eigenvalue weighted by atomic mass is 16.5. The van der Waals surface area contributed by atoms with Gasteiger partial charge in [0.05, 0.1) is 19.2 Å². The third-order valence-electron chi connectivity index (χ3n) is 4.23. The Kier molecular flexibility index (Phi) is 4.62. The average Bonchev–Trinajstić information content (AvgIpc) is 3.13. The Balaban J connectivity index is 1.73. The van der Waals surface area contributed by atoms with Gasteiger partial charge in [-0.25, -0.2) is 4.68 Å². The normalized spacial score (nSPS) is 12.2. The SMILES string of the molecule is COc1cccc(C(OCc2ccccc2)n2nnc3ccccc32)c1. The highest BCUT2D eigenvalue weighted by Gasteiger charge is 2.19. The number of aromatic nitrogens is 3. The smallest absolute Gasteiger partial charge is 0.178 e. The first-order chi connectivity index (χ1) is 12.8. The standard InChI is InChI=1S/C21H19N3O2/c1-25-18-11-7-10-17(14-18)21(26-15-16-8-3-2-4-9-16)24-20-13-6-5-12-19(20)22-23-24/h2-14,21H,15H2,1H3. The van der Waals surface area contributed by atoms with Crippen LogP contribution in [0.1, 0.15) is 17.4 Å². The Bertz CT molecular complexity index is 998. The summed E-state index contributed by atoms with van der Waals surface area (Å²) in [6.45, 7) is 0.469. The molecule has 0 radical (unpaired) electrons. The first-order valence-corrected chi connectivity index (χ1v) is 8.44. The number of nitrogens with zero attached hydrogens (tertiary/aromatic N) is 3. The molecule has 1 atom stereocenters. The van der Waals surface area contributed by atoms with Gasteiger partial charge in [-0.2, -0.15) is 0 Å². The monoisotopic (exact) mass is 345 g/mol. The van der Waals surface area contributed by atoms with E-state index in [0.717, 1.165) is 27.9 Å². The molecule has 0 aliphatic heterocycles. The van der Waals surface area contributed by atoms with Gasteiger partial charge in [0, 0.05) is 5.56 Å². The number of ether oxygens (including phenoxy) is 2. The van der Waals surface area contributed by atoms with Crippen molar-refractivity contribution < 1.29 is 9.47 Å². The van der Waals surface area contributed by atoms with Gasteiger partial charge in [0.25, 0.3) is 0 Å². The maximum Gasteiger partial charge on any atom is 0.178 e. The third kappa shape index (κ3) is 3.30. The Labute approximate surface area is 151 Å². The lowest BCUT2D eigenvalue weighted by atomic mass is 10.1. The summed E-state index contributed by atoms with van der Waals surface area (Å²) in [7, 11) is 1.66. The fraction of sp³-hybridized carbons (Fsp3) is 0.143. The molecule has 26 heavy (non-hydrogen) atoms. The lowest BCUT2D eigenvalue weighted by Gasteiger charge is -2.20. The van der Waals surface area contributed by atoms with Gasteiger partial charge in [0.1, 0.15) is 11.3 Å². The molecule has 1 aromatic heterocycles. The molecule has 0 bridgehead atoms. The molecule has 0 fully saturated rings. The summed E-state index contributed by atoms with van der Waals surface area (Å²) in [5, 5.41) is 8.61. The van der Waals surface area contributed by atoms with Crippen LogP contribution in [0.2, 0.25) is 0 Å². The number of methoxy groups -OCH3 is 1. The number of hydrogen-bond donors (Lipinski definition) is 0. The molecule has 3 aromatic carbocycles. The van der Waals surface area contributed by atoms with Gasteiger partial charge >= 0.3 is 0 Å². The van der Waals surface area contributed by atoms with Crippen LogP contribution in [-0.4, -0.2) is 22.1 Å². The van der Waals surface area contributed by atoms with Crippen LogP contribution in [-0.2, 0) is 11.3 Å². The van der Waals surface area contributed by atoms with E-state index in [4.69, 9.17) is 9.47 Å². The second-order valence-electron chi connectivity index (χ2n) is 5.95. The molecule has 0 N–H and O–H groups in total. The van der Waals surface area contributed by atoms with Crippen molar-refractivity contribution >= 4 is 11.0 Å². The topological polar surface area (TPSA) is 49.2 Å². The molecule has 130 valence electrons. The van der Waals surface area contributed by atoms with Crippen LogP contribution in [0.5, 0.6) is 5.75 Å². The quantitative estimate of drug-likeness (QED) is 0.525. The highest BCUT2D eigenvalue weighted by molar-refractivity contribution is 5.74. The van der Waals surface area contributed by atoms with E-state index in [0.29, 0.717) is 6.61 Å². The van der Waals surface area contributed by atoms with E-state index >= 15 is 0 Å². The van der Waals surface area contributed by atoms with E-state index in [-0.39, 0.29) is 0 Å². The molecule has 4 rings (SSSR count). The predicted molar refractivity (Wildman–Crippen MR) is 99.9 cm³/mol. The minimum atomic E-state index is -0.405. The first-order valence-electron chi connectivity index (χ1n) is 8.44. The second-order valence-corrected chi connectivity index (χ2v) is 5.95. The van der Waals surface area contributed by atoms with Crippen LogP contribution in [0.15, 0.2) is 78.9 Å². The largest absolute Gasteiger partial charge is 0.497 e. The van der Waals surface area contributed by atoms with Crippen molar-refractivity contribution in [2.45, 2.75) is 12.8 Å². The molecule has 0 amide bonds. The lowest BCUT2D eigenvalue weighted by Crippen LogP contribution is -2.16. The Morgan fingerprint density at radius 1 is 0.923 bits per heavy atom. The van der Waals surface area contributed by atoms with Crippen LogP contribution in [0.4, 0.5) is 0 Å². The number of para-hydroxylation sites is 1. The fourth-order valence-corrected chi connectivity index (χ4v) is 2.91. The first kappa shape index (κ1) is 16.3. The summed E-state index contributed by atoms with van der Waals surface area (Å²) < 4.78 is 13.5. The molecule has 5 heteroatoms. The van der Waals surface area contributed by atoms with Gasteiger partial charge < -0.3 is 9.47 Å². The molecule has 0 saturated carbocycles. The van der Waals surface area contributed by atoms with E-state index in [1.165, 1.54) is 0 Å². The third-order valence-corrected chi connectivity index (χ3v) is 4.23. The molecule has 0 spiro atoms. The molecule has 4 aromatic rings. The van der Waals surface area contributed by atoms with Crippen LogP contribution < -0.4 is 4.74 Å². The zero-order chi connectivity index (χ0) is 17.8. The van der Waals surface area contributed by atoms with Crippen molar-refractivity contribution in [1.82, 2.24) is 15.0 Å². The van der Waals surface area contributed by atoms with Crippen LogP contribution in [0.3, 0.4) is 0 Å². The van der Waals surface area contributed by atoms with Crippen molar-refractivity contribution in [1.29, 1.82) is 0 Å². The van der Waals surface area contributed by atoms with Gasteiger partial charge in [-0.1, -0.05) is 59.8 Å². The van der Waals surface area contributed by atoms with Crippen molar-refractivity contribution in [3.05, 3.63) is 90.0 Å². The Morgan fingerprint density at radius 2 is 1.73 bits per heavy atom. The molecule has 1 unspecified atom stereocenters. The number of fused-ring (bicyclic) bond motifs is 1. The summed E-state index contributed by atoms with van der Waals surface area (Å²) in [5.74, 6) is 0.778. The zero-order valence-corrected chi connectivity index (χ0v) is 14.4. The van der Waals surface area contributed by atoms with Gasteiger partial charge in [-0.15, -0.1) is 5.10 Å². The molecule has 0 aliphatic carbocycles. The minimum absolute atomic E-state index is 0.405. The number of benzene rings is 3. The van der Waals surface area contributed by atoms with Gasteiger partial charge in [0.2, 0.25) is 0 Å². The summed E-state index contributed by atoms with van der Waals surface area (Å²) in [6.07, 6.45) is -0.405. The van der Waals surface area contributed by atoms with Crippen LogP contribution >= 0.6 is 0 Å².